The van der Waals surface area contributed by atoms with Gasteiger partial charge in [0.2, 0.25) is 12.3 Å². The Hall–Kier alpha value is -2.64. The summed E-state index contributed by atoms with van der Waals surface area (Å²) in [4.78, 5) is 17.2. The molecule has 3 rings (SSSR count). The van der Waals surface area contributed by atoms with Gasteiger partial charge in [0.05, 0.1) is 23.7 Å². The average molecular weight is 437 g/mol. The van der Waals surface area contributed by atoms with E-state index in [-0.39, 0.29) is 22.9 Å². The SMILES string of the molecule is CCOSOc1cc(C2(C#N)CC2)cnc1-c1ccc(OCC(C)(F)F)n(C)c1=O. The van der Waals surface area contributed by atoms with E-state index in [1.165, 1.54) is 19.2 Å². The molecule has 0 aliphatic heterocycles. The molecule has 7 nitrogen and oxygen atoms in total. The lowest BCUT2D eigenvalue weighted by molar-refractivity contribution is -0.0252. The number of nitrogens with zero attached hydrogens (tertiary/aromatic N) is 3. The van der Waals surface area contributed by atoms with Crippen LogP contribution in [0.3, 0.4) is 0 Å². The van der Waals surface area contributed by atoms with Crippen LogP contribution in [0.15, 0.2) is 29.2 Å². The lowest BCUT2D eigenvalue weighted by Gasteiger charge is -2.16. The van der Waals surface area contributed by atoms with Gasteiger partial charge in [0.1, 0.15) is 5.69 Å². The van der Waals surface area contributed by atoms with Crippen LogP contribution in [0.2, 0.25) is 0 Å². The Kier molecular flexibility index (Phi) is 6.33. The Morgan fingerprint density at radius 2 is 2.13 bits per heavy atom. The zero-order valence-electron chi connectivity index (χ0n) is 16.8. The highest BCUT2D eigenvalue weighted by atomic mass is 32.2. The van der Waals surface area contributed by atoms with E-state index >= 15 is 0 Å². The first-order valence-electron chi connectivity index (χ1n) is 9.30. The molecule has 0 N–H and O–H groups in total. The molecule has 0 unspecified atom stereocenters. The Morgan fingerprint density at radius 1 is 1.40 bits per heavy atom. The van der Waals surface area contributed by atoms with E-state index in [1.807, 2.05) is 0 Å². The molecule has 30 heavy (non-hydrogen) atoms. The third-order valence-corrected chi connectivity index (χ3v) is 5.23. The van der Waals surface area contributed by atoms with E-state index in [1.54, 1.807) is 19.2 Å². The predicted molar refractivity (Wildman–Crippen MR) is 107 cm³/mol. The predicted octanol–water partition coefficient (Wildman–Crippen LogP) is 4.01. The van der Waals surface area contributed by atoms with Gasteiger partial charge in [0, 0.05) is 20.2 Å². The van der Waals surface area contributed by atoms with E-state index in [4.69, 9.17) is 13.1 Å². The number of pyridine rings is 2. The van der Waals surface area contributed by atoms with Crippen LogP contribution in [0, 0.1) is 11.3 Å². The number of nitriles is 1. The molecule has 1 saturated carbocycles. The number of aromatic nitrogens is 2. The minimum Gasteiger partial charge on any atom is -0.472 e. The van der Waals surface area contributed by atoms with Gasteiger partial charge in [0.15, 0.2) is 18.2 Å². The molecule has 0 radical (unpaired) electrons. The van der Waals surface area contributed by atoms with Crippen LogP contribution >= 0.6 is 12.3 Å². The van der Waals surface area contributed by atoms with Crippen LogP contribution in [-0.4, -0.2) is 28.7 Å². The molecule has 2 heterocycles. The smallest absolute Gasteiger partial charge is 0.278 e. The maximum Gasteiger partial charge on any atom is 0.278 e. The molecular weight excluding hydrogens is 416 g/mol. The van der Waals surface area contributed by atoms with Crippen molar-refractivity contribution in [2.45, 2.75) is 38.0 Å². The van der Waals surface area contributed by atoms with Crippen LogP contribution in [0.1, 0.15) is 32.3 Å². The lowest BCUT2D eigenvalue weighted by Crippen LogP contribution is -2.26. The Labute approximate surface area is 177 Å². The molecule has 1 aliphatic carbocycles. The third-order valence-electron chi connectivity index (χ3n) is 4.65. The summed E-state index contributed by atoms with van der Waals surface area (Å²) in [6.45, 7) is 2.10. The van der Waals surface area contributed by atoms with Crippen molar-refractivity contribution in [1.29, 1.82) is 5.26 Å². The van der Waals surface area contributed by atoms with E-state index in [0.717, 1.165) is 36.7 Å². The molecule has 0 aromatic carbocycles. The lowest BCUT2D eigenvalue weighted by atomic mass is 9.98. The Morgan fingerprint density at radius 3 is 2.73 bits per heavy atom. The van der Waals surface area contributed by atoms with Gasteiger partial charge in [-0.3, -0.25) is 18.5 Å². The van der Waals surface area contributed by atoms with Gasteiger partial charge < -0.3 is 8.92 Å². The first-order chi connectivity index (χ1) is 14.2. The van der Waals surface area contributed by atoms with Gasteiger partial charge in [-0.15, -0.1) is 0 Å². The van der Waals surface area contributed by atoms with Crippen molar-refractivity contribution in [1.82, 2.24) is 9.55 Å². The molecule has 10 heteroatoms. The molecular formula is C20H21F2N3O4S. The second kappa shape index (κ2) is 8.62. The van der Waals surface area contributed by atoms with Crippen LogP contribution in [0.25, 0.3) is 11.3 Å². The largest absolute Gasteiger partial charge is 0.472 e. The van der Waals surface area contributed by atoms with Gasteiger partial charge >= 0.3 is 0 Å². The standard InChI is InChI=1S/C20H21F2N3O4S/c1-4-28-30-29-15-9-13(20(11-23)7-8-20)10-24-17(15)14-5-6-16(25(3)18(14)26)27-12-19(2,21)22/h5-6,9-10H,4,7-8,12H2,1-3H3. The summed E-state index contributed by atoms with van der Waals surface area (Å²) in [6, 6.07) is 6.86. The monoisotopic (exact) mass is 437 g/mol. The molecule has 160 valence electrons. The topological polar surface area (TPSA) is 86.4 Å². The van der Waals surface area contributed by atoms with Gasteiger partial charge in [0.25, 0.3) is 11.5 Å². The van der Waals surface area contributed by atoms with Crippen LogP contribution in [0.5, 0.6) is 11.6 Å². The third kappa shape index (κ3) is 4.74. The van der Waals surface area contributed by atoms with Gasteiger partial charge in [-0.1, -0.05) is 0 Å². The van der Waals surface area contributed by atoms with Crippen molar-refractivity contribution in [3.63, 3.8) is 0 Å². The first-order valence-corrected chi connectivity index (χ1v) is 9.96. The highest BCUT2D eigenvalue weighted by Crippen LogP contribution is 2.48. The van der Waals surface area contributed by atoms with Crippen LogP contribution in [-0.2, 0) is 16.6 Å². The number of rotatable bonds is 9. The minimum atomic E-state index is -3.02. The number of hydrogen-bond donors (Lipinski definition) is 0. The fourth-order valence-corrected chi connectivity index (χ4v) is 3.16. The van der Waals surface area contributed by atoms with E-state index in [9.17, 15) is 18.8 Å². The number of ether oxygens (including phenoxy) is 1. The summed E-state index contributed by atoms with van der Waals surface area (Å²) in [5.74, 6) is -2.74. The normalized spacial score (nSPS) is 14.8. The molecule has 1 aliphatic rings. The number of hydrogen-bond acceptors (Lipinski definition) is 7. The average Bonchev–Trinajstić information content (AvgIpc) is 3.50. The van der Waals surface area contributed by atoms with Crippen molar-refractivity contribution in [3.05, 3.63) is 40.3 Å². The Bertz CT molecular complexity index is 1030. The second-order valence-corrected chi connectivity index (χ2v) is 7.67. The highest BCUT2D eigenvalue weighted by molar-refractivity contribution is 7.90. The highest BCUT2D eigenvalue weighted by Gasteiger charge is 2.45. The molecule has 0 amide bonds. The first kappa shape index (κ1) is 22.1. The quantitative estimate of drug-likeness (QED) is 0.433. The summed E-state index contributed by atoms with van der Waals surface area (Å²) in [6.07, 6.45) is 3.03. The molecule has 0 saturated heterocycles. The molecule has 2 aromatic heterocycles. The van der Waals surface area contributed by atoms with Gasteiger partial charge in [-0.25, -0.2) is 8.78 Å². The maximum absolute atomic E-state index is 13.1. The molecule has 0 bridgehead atoms. The fourth-order valence-electron chi connectivity index (χ4n) is 2.82. The van der Waals surface area contributed by atoms with E-state index < -0.39 is 23.5 Å². The molecule has 0 atom stereocenters. The maximum atomic E-state index is 13.1. The van der Waals surface area contributed by atoms with Crippen molar-refractivity contribution in [3.8, 4) is 29.0 Å². The minimum absolute atomic E-state index is 0.00877. The Balaban J connectivity index is 1.98. The number of alkyl halides is 2. The summed E-state index contributed by atoms with van der Waals surface area (Å²) in [7, 11) is 1.42. The van der Waals surface area contributed by atoms with Gasteiger partial charge in [-0.05, 0) is 43.5 Å². The molecule has 2 aromatic rings. The second-order valence-electron chi connectivity index (χ2n) is 7.13. The van der Waals surface area contributed by atoms with Gasteiger partial charge in [-0.2, -0.15) is 5.26 Å². The fraction of sp³-hybridized carbons (Fsp3) is 0.450. The molecule has 0 spiro atoms. The van der Waals surface area contributed by atoms with Crippen molar-refractivity contribution < 1.29 is 21.9 Å². The molecule has 1 fully saturated rings. The van der Waals surface area contributed by atoms with Crippen molar-refractivity contribution in [2.75, 3.05) is 13.2 Å². The van der Waals surface area contributed by atoms with E-state index in [2.05, 4.69) is 11.1 Å². The number of halogens is 2. The summed E-state index contributed by atoms with van der Waals surface area (Å²) >= 11 is 0.747. The summed E-state index contributed by atoms with van der Waals surface area (Å²) in [5, 5.41) is 9.45. The van der Waals surface area contributed by atoms with Crippen LogP contribution in [0.4, 0.5) is 8.78 Å². The van der Waals surface area contributed by atoms with E-state index in [0.29, 0.717) is 12.2 Å². The zero-order valence-corrected chi connectivity index (χ0v) is 17.6. The zero-order chi connectivity index (χ0) is 21.9. The summed E-state index contributed by atoms with van der Waals surface area (Å²) in [5.41, 5.74) is 0.109. The summed E-state index contributed by atoms with van der Waals surface area (Å²) < 4.78 is 43.1. The van der Waals surface area contributed by atoms with Crippen LogP contribution < -0.4 is 14.5 Å². The van der Waals surface area contributed by atoms with Crippen molar-refractivity contribution in [2.24, 2.45) is 7.05 Å². The van der Waals surface area contributed by atoms with Crippen molar-refractivity contribution >= 4 is 12.3 Å².